The minimum absolute atomic E-state index is 0.113. The Hall–Kier alpha value is -2.52. The molecular weight excluding hydrogens is 342 g/mol. The van der Waals surface area contributed by atoms with Gasteiger partial charge in [0.05, 0.1) is 25.1 Å². The van der Waals surface area contributed by atoms with E-state index in [1.165, 1.54) is 6.20 Å². The number of hydrogen-bond acceptors (Lipinski definition) is 7. The van der Waals surface area contributed by atoms with Crippen molar-refractivity contribution in [2.75, 3.05) is 13.2 Å². The first kappa shape index (κ1) is 16.0. The number of aromatic nitrogens is 4. The Bertz CT molecular complexity index is 870. The van der Waals surface area contributed by atoms with Gasteiger partial charge in [0.15, 0.2) is 0 Å². The van der Waals surface area contributed by atoms with Crippen molar-refractivity contribution in [2.45, 2.75) is 20.1 Å². The van der Waals surface area contributed by atoms with Crippen LogP contribution in [0.15, 0.2) is 27.5 Å². The maximum Gasteiger partial charge on any atom is 0.256 e. The van der Waals surface area contributed by atoms with E-state index in [9.17, 15) is 4.79 Å². The van der Waals surface area contributed by atoms with E-state index >= 15 is 0 Å². The van der Waals surface area contributed by atoms with Crippen LogP contribution in [-0.2, 0) is 17.9 Å². The second-order valence-electron chi connectivity index (χ2n) is 5.97. The van der Waals surface area contributed by atoms with E-state index in [0.717, 1.165) is 17.0 Å². The number of ether oxygens (including phenoxy) is 1. The molecule has 0 aromatic carbocycles. The molecule has 0 fully saturated rings. The topological polar surface area (TPSA) is 95.1 Å². The van der Waals surface area contributed by atoms with E-state index in [-0.39, 0.29) is 11.8 Å². The molecule has 0 saturated heterocycles. The van der Waals surface area contributed by atoms with Crippen LogP contribution in [0.3, 0.4) is 0 Å². The molecule has 0 saturated carbocycles. The quantitative estimate of drug-likeness (QED) is 0.764. The molecule has 3 aromatic rings. The molecule has 0 radical (unpaired) electrons. The fourth-order valence-electron chi connectivity index (χ4n) is 2.84. The lowest BCUT2D eigenvalue weighted by molar-refractivity contribution is 0.0851. The van der Waals surface area contributed by atoms with Gasteiger partial charge in [-0.1, -0.05) is 10.4 Å². The molecule has 25 heavy (non-hydrogen) atoms. The largest absolute Gasteiger partial charge is 0.375 e. The van der Waals surface area contributed by atoms with E-state index in [0.29, 0.717) is 37.6 Å². The van der Waals surface area contributed by atoms with Gasteiger partial charge in [-0.25, -0.2) is 4.68 Å². The molecule has 1 atom stereocenters. The number of rotatable bonds is 4. The Labute approximate surface area is 147 Å². The van der Waals surface area contributed by atoms with Crippen molar-refractivity contribution in [1.29, 1.82) is 0 Å². The average molecular weight is 359 g/mol. The number of thiophene rings is 1. The predicted octanol–water partition coefficient (Wildman–Crippen LogP) is 1.88. The first-order valence-corrected chi connectivity index (χ1v) is 8.89. The Morgan fingerprint density at radius 2 is 2.44 bits per heavy atom. The van der Waals surface area contributed by atoms with Gasteiger partial charge in [0, 0.05) is 30.0 Å². The Kier molecular flexibility index (Phi) is 4.33. The molecule has 9 heteroatoms. The second-order valence-corrected chi connectivity index (χ2v) is 6.75. The molecule has 0 spiro atoms. The van der Waals surface area contributed by atoms with E-state index in [4.69, 9.17) is 9.26 Å². The van der Waals surface area contributed by atoms with Gasteiger partial charge in [-0.05, 0) is 18.4 Å². The van der Waals surface area contributed by atoms with Gasteiger partial charge in [0.1, 0.15) is 17.0 Å². The summed E-state index contributed by atoms with van der Waals surface area (Å²) >= 11 is 1.63. The molecule has 4 heterocycles. The predicted molar refractivity (Wildman–Crippen MR) is 90.1 cm³/mol. The van der Waals surface area contributed by atoms with Crippen LogP contribution in [0.2, 0.25) is 0 Å². The first-order valence-electron chi connectivity index (χ1n) is 7.94. The van der Waals surface area contributed by atoms with E-state index in [1.807, 2.05) is 16.1 Å². The lowest BCUT2D eigenvalue weighted by Crippen LogP contribution is -2.33. The standard InChI is InChI=1S/C16H17N5O3S/c1-10-13(5-18-24-10)16(22)17-4-11-6-21-14(8-23-7-11)15(19-20-21)12-2-3-25-9-12/h2-3,5,9,11H,4,6-8H2,1H3,(H,17,22). The summed E-state index contributed by atoms with van der Waals surface area (Å²) < 4.78 is 12.6. The molecule has 1 N–H and O–H groups in total. The lowest BCUT2D eigenvalue weighted by Gasteiger charge is -2.14. The molecule has 0 bridgehead atoms. The molecule has 1 aliphatic rings. The fourth-order valence-corrected chi connectivity index (χ4v) is 3.48. The molecule has 3 aromatic heterocycles. The highest BCUT2D eigenvalue weighted by Crippen LogP contribution is 2.26. The average Bonchev–Trinajstić information content (AvgIpc) is 3.32. The number of fused-ring (bicyclic) bond motifs is 1. The highest BCUT2D eigenvalue weighted by molar-refractivity contribution is 7.08. The molecule has 130 valence electrons. The van der Waals surface area contributed by atoms with Crippen LogP contribution in [0.4, 0.5) is 0 Å². The SMILES string of the molecule is Cc1oncc1C(=O)NCC1COCc2c(-c3ccsc3)nnn2C1. The van der Waals surface area contributed by atoms with Crippen molar-refractivity contribution in [3.63, 3.8) is 0 Å². The summed E-state index contributed by atoms with van der Waals surface area (Å²) in [6, 6.07) is 2.03. The number of carbonyl (C=O) groups excluding carboxylic acids is 1. The maximum atomic E-state index is 12.2. The van der Waals surface area contributed by atoms with Gasteiger partial charge in [-0.15, -0.1) is 5.10 Å². The number of nitrogens with zero attached hydrogens (tertiary/aromatic N) is 4. The van der Waals surface area contributed by atoms with Crippen molar-refractivity contribution in [1.82, 2.24) is 25.5 Å². The van der Waals surface area contributed by atoms with Crippen LogP contribution in [0.5, 0.6) is 0 Å². The van der Waals surface area contributed by atoms with Crippen LogP contribution >= 0.6 is 11.3 Å². The zero-order valence-corrected chi connectivity index (χ0v) is 14.5. The summed E-state index contributed by atoms with van der Waals surface area (Å²) in [6.45, 7) is 3.86. The van der Waals surface area contributed by atoms with Crippen LogP contribution in [0.1, 0.15) is 21.8 Å². The summed E-state index contributed by atoms with van der Waals surface area (Å²) in [6.07, 6.45) is 1.43. The number of carbonyl (C=O) groups is 1. The Morgan fingerprint density at radius 1 is 1.52 bits per heavy atom. The van der Waals surface area contributed by atoms with E-state index < -0.39 is 0 Å². The number of aryl methyl sites for hydroxylation is 1. The Balaban J connectivity index is 1.44. The minimum atomic E-state index is -0.194. The van der Waals surface area contributed by atoms with Gasteiger partial charge in [0.2, 0.25) is 0 Å². The van der Waals surface area contributed by atoms with Crippen LogP contribution in [0.25, 0.3) is 11.3 Å². The Morgan fingerprint density at radius 3 is 3.20 bits per heavy atom. The third kappa shape index (κ3) is 3.20. The first-order chi connectivity index (χ1) is 12.2. The summed E-state index contributed by atoms with van der Waals surface area (Å²) in [4.78, 5) is 12.2. The van der Waals surface area contributed by atoms with Crippen molar-refractivity contribution >= 4 is 17.2 Å². The molecular formula is C16H17N5O3S. The van der Waals surface area contributed by atoms with Gasteiger partial charge < -0.3 is 14.6 Å². The zero-order valence-electron chi connectivity index (χ0n) is 13.6. The van der Waals surface area contributed by atoms with E-state index in [1.54, 1.807) is 18.3 Å². The third-order valence-corrected chi connectivity index (χ3v) is 4.89. The molecule has 1 aliphatic heterocycles. The van der Waals surface area contributed by atoms with Crippen molar-refractivity contribution in [3.8, 4) is 11.3 Å². The van der Waals surface area contributed by atoms with Crippen LogP contribution in [-0.4, -0.2) is 39.2 Å². The lowest BCUT2D eigenvalue weighted by atomic mass is 10.1. The third-order valence-electron chi connectivity index (χ3n) is 4.20. The van der Waals surface area contributed by atoms with Crippen molar-refractivity contribution in [3.05, 3.63) is 40.0 Å². The molecule has 1 unspecified atom stereocenters. The molecule has 8 nitrogen and oxygen atoms in total. The van der Waals surface area contributed by atoms with Gasteiger partial charge in [-0.3, -0.25) is 4.79 Å². The molecule has 0 aliphatic carbocycles. The van der Waals surface area contributed by atoms with Crippen LogP contribution in [0, 0.1) is 12.8 Å². The zero-order chi connectivity index (χ0) is 17.2. The van der Waals surface area contributed by atoms with Crippen molar-refractivity contribution < 1.29 is 14.1 Å². The van der Waals surface area contributed by atoms with Gasteiger partial charge in [0.25, 0.3) is 5.91 Å². The number of hydrogen-bond donors (Lipinski definition) is 1. The summed E-state index contributed by atoms with van der Waals surface area (Å²) in [5.41, 5.74) is 3.36. The van der Waals surface area contributed by atoms with Gasteiger partial charge in [-0.2, -0.15) is 11.3 Å². The number of nitrogens with one attached hydrogen (secondary N) is 1. The van der Waals surface area contributed by atoms with Gasteiger partial charge >= 0.3 is 0 Å². The smallest absolute Gasteiger partial charge is 0.256 e. The highest BCUT2D eigenvalue weighted by atomic mass is 32.1. The highest BCUT2D eigenvalue weighted by Gasteiger charge is 2.23. The maximum absolute atomic E-state index is 12.2. The fraction of sp³-hybridized carbons (Fsp3) is 0.375. The van der Waals surface area contributed by atoms with Crippen LogP contribution < -0.4 is 5.32 Å². The van der Waals surface area contributed by atoms with E-state index in [2.05, 4.69) is 26.2 Å². The summed E-state index contributed by atoms with van der Waals surface area (Å²) in [5, 5.41) is 19.2. The molecule has 1 amide bonds. The monoisotopic (exact) mass is 359 g/mol. The second kappa shape index (κ2) is 6.77. The minimum Gasteiger partial charge on any atom is -0.375 e. The summed E-state index contributed by atoms with van der Waals surface area (Å²) in [5.74, 6) is 0.428. The normalized spacial score (nSPS) is 17.1. The van der Waals surface area contributed by atoms with Crippen molar-refractivity contribution in [2.24, 2.45) is 5.92 Å². The number of amides is 1. The summed E-state index contributed by atoms with van der Waals surface area (Å²) in [7, 11) is 0. The molecule has 4 rings (SSSR count).